The van der Waals surface area contributed by atoms with Crippen molar-refractivity contribution in [2.75, 3.05) is 12.8 Å². The van der Waals surface area contributed by atoms with Gasteiger partial charge >= 0.3 is 5.69 Å². The Balaban J connectivity index is 2.20. The number of nitrogens with zero attached hydrogens (tertiary/aromatic N) is 2. The minimum Gasteiger partial charge on any atom is -0.500 e. The fourth-order valence-electron chi connectivity index (χ4n) is 1.91. The number of nitrogen functional groups attached to an aromatic ring is 1. The third-order valence-corrected chi connectivity index (χ3v) is 3.08. The number of nitro groups is 1. The summed E-state index contributed by atoms with van der Waals surface area (Å²) in [4.78, 5) is 22.1. The van der Waals surface area contributed by atoms with E-state index < -0.39 is 22.3 Å². The highest BCUT2D eigenvalue weighted by Gasteiger charge is 2.19. The molecule has 0 aliphatic carbocycles. The summed E-state index contributed by atoms with van der Waals surface area (Å²) in [6.07, 6.45) is 1.19. The van der Waals surface area contributed by atoms with Crippen LogP contribution in [0.2, 0.25) is 0 Å². The molecule has 0 spiro atoms. The molecule has 9 nitrogen and oxygen atoms in total. The molecule has 2 rings (SSSR count). The average Bonchev–Trinajstić information content (AvgIpc) is 2.56. The topological polar surface area (TPSA) is 140 Å². The first-order valence-corrected chi connectivity index (χ1v) is 6.67. The van der Waals surface area contributed by atoms with E-state index in [0.29, 0.717) is 5.69 Å². The molecule has 0 unspecified atom stereocenters. The summed E-state index contributed by atoms with van der Waals surface area (Å²) in [5.74, 6) is -1.19. The van der Waals surface area contributed by atoms with Crippen molar-refractivity contribution in [1.82, 2.24) is 5.43 Å². The number of carbonyl (C=O) groups excluding carboxylic acids is 1. The van der Waals surface area contributed by atoms with E-state index in [0.717, 1.165) is 6.07 Å². The predicted molar refractivity (Wildman–Crippen MR) is 87.2 cm³/mol. The number of nitrogens with two attached hydrogens (primary N) is 1. The minimum atomic E-state index is -0.752. The molecular weight excluding hydrogens is 316 g/mol. The number of hydrazone groups is 1. The number of nitrogens with one attached hydrogen (secondary N) is 1. The first-order chi connectivity index (χ1) is 11.4. The van der Waals surface area contributed by atoms with E-state index in [4.69, 9.17) is 10.5 Å². The van der Waals surface area contributed by atoms with Crippen LogP contribution in [-0.4, -0.2) is 29.3 Å². The van der Waals surface area contributed by atoms with Gasteiger partial charge in [0, 0.05) is 17.3 Å². The molecule has 0 aliphatic heterocycles. The first kappa shape index (κ1) is 16.7. The summed E-state index contributed by atoms with van der Waals surface area (Å²) in [7, 11) is 1.26. The second kappa shape index (κ2) is 7.09. The molecule has 24 heavy (non-hydrogen) atoms. The fourth-order valence-corrected chi connectivity index (χ4v) is 1.91. The number of anilines is 1. The van der Waals surface area contributed by atoms with Gasteiger partial charge in [-0.2, -0.15) is 5.10 Å². The second-order valence-corrected chi connectivity index (χ2v) is 4.63. The van der Waals surface area contributed by atoms with Gasteiger partial charge in [-0.3, -0.25) is 14.9 Å². The summed E-state index contributed by atoms with van der Waals surface area (Å²) in [5.41, 5.74) is 8.23. The fraction of sp³-hybridized carbons (Fsp3) is 0.0667. The average molecular weight is 330 g/mol. The maximum Gasteiger partial charge on any atom is 0.315 e. The normalized spacial score (nSPS) is 10.5. The summed E-state index contributed by atoms with van der Waals surface area (Å²) in [5, 5.41) is 24.3. The summed E-state index contributed by atoms with van der Waals surface area (Å²) in [6, 6.07) is 8.90. The maximum absolute atomic E-state index is 11.9. The highest BCUT2D eigenvalue weighted by molar-refractivity contribution is 5.99. The van der Waals surface area contributed by atoms with E-state index in [1.165, 1.54) is 25.5 Å². The van der Waals surface area contributed by atoms with Crippen molar-refractivity contribution in [1.29, 1.82) is 0 Å². The number of hydrogen-bond acceptors (Lipinski definition) is 7. The molecule has 2 aromatic carbocycles. The van der Waals surface area contributed by atoms with Gasteiger partial charge in [-0.25, -0.2) is 5.43 Å². The highest BCUT2D eigenvalue weighted by atomic mass is 16.6. The third-order valence-electron chi connectivity index (χ3n) is 3.08. The summed E-state index contributed by atoms with van der Waals surface area (Å²) in [6.45, 7) is 0. The molecule has 9 heteroatoms. The molecular formula is C15H14N4O5. The Morgan fingerprint density at radius 3 is 2.75 bits per heavy atom. The van der Waals surface area contributed by atoms with Crippen LogP contribution in [0.4, 0.5) is 11.4 Å². The molecule has 1 amide bonds. The van der Waals surface area contributed by atoms with Crippen molar-refractivity contribution in [3.63, 3.8) is 0 Å². The molecule has 0 heterocycles. The Kier molecular flexibility index (Phi) is 4.95. The molecule has 0 radical (unpaired) electrons. The van der Waals surface area contributed by atoms with E-state index in [1.54, 1.807) is 18.2 Å². The standard InChI is InChI=1S/C15H14N4O5/c1-24-13-7-9(6-12(14(13)20)19(22)23)8-17-18-15(21)10-4-2-3-5-11(10)16/h2-8,20H,16H2,1H3,(H,18,21)/b17-8-. The lowest BCUT2D eigenvalue weighted by Crippen LogP contribution is -2.19. The number of para-hydroxylation sites is 1. The van der Waals surface area contributed by atoms with Crippen LogP contribution in [-0.2, 0) is 0 Å². The zero-order valence-electron chi connectivity index (χ0n) is 12.6. The monoisotopic (exact) mass is 330 g/mol. The molecule has 4 N–H and O–H groups in total. The predicted octanol–water partition coefficient (Wildman–Crippen LogP) is 1.66. The lowest BCUT2D eigenvalue weighted by Gasteiger charge is -2.05. The summed E-state index contributed by atoms with van der Waals surface area (Å²) < 4.78 is 4.87. The maximum atomic E-state index is 11.9. The van der Waals surface area contributed by atoms with Gasteiger partial charge in [-0.15, -0.1) is 0 Å². The SMILES string of the molecule is COc1cc(/C=N\NC(=O)c2ccccc2N)cc([N+](=O)[O-])c1O. The van der Waals surface area contributed by atoms with E-state index in [9.17, 15) is 20.0 Å². The van der Waals surface area contributed by atoms with Crippen LogP contribution < -0.4 is 15.9 Å². The number of benzene rings is 2. The Hall–Kier alpha value is -3.62. The van der Waals surface area contributed by atoms with Gasteiger partial charge in [-0.05, 0) is 18.2 Å². The number of phenols is 1. The van der Waals surface area contributed by atoms with Crippen molar-refractivity contribution < 1.29 is 19.6 Å². The van der Waals surface area contributed by atoms with E-state index in [1.807, 2.05) is 0 Å². The van der Waals surface area contributed by atoms with Crippen LogP contribution in [0.5, 0.6) is 11.5 Å². The number of carbonyl (C=O) groups is 1. The van der Waals surface area contributed by atoms with Gasteiger partial charge in [0.15, 0.2) is 5.75 Å². The summed E-state index contributed by atoms with van der Waals surface area (Å²) >= 11 is 0. The quantitative estimate of drug-likeness (QED) is 0.329. The lowest BCUT2D eigenvalue weighted by atomic mass is 10.2. The van der Waals surface area contributed by atoms with Gasteiger partial charge in [-0.1, -0.05) is 12.1 Å². The highest BCUT2D eigenvalue weighted by Crippen LogP contribution is 2.36. The van der Waals surface area contributed by atoms with Gasteiger partial charge in [0.2, 0.25) is 5.75 Å². The molecule has 0 saturated heterocycles. The Labute approximate surface area is 136 Å². The zero-order chi connectivity index (χ0) is 17.7. The number of methoxy groups -OCH3 is 1. The minimum absolute atomic E-state index is 0.0794. The Morgan fingerprint density at radius 1 is 1.42 bits per heavy atom. The van der Waals surface area contributed by atoms with Gasteiger partial charge < -0.3 is 15.6 Å². The Bertz CT molecular complexity index is 820. The lowest BCUT2D eigenvalue weighted by molar-refractivity contribution is -0.386. The van der Waals surface area contributed by atoms with Crippen molar-refractivity contribution in [3.8, 4) is 11.5 Å². The molecule has 124 valence electrons. The van der Waals surface area contributed by atoms with Crippen LogP contribution in [0.1, 0.15) is 15.9 Å². The van der Waals surface area contributed by atoms with Crippen LogP contribution in [0.25, 0.3) is 0 Å². The number of phenolic OH excluding ortho intramolecular Hbond substituents is 1. The van der Waals surface area contributed by atoms with Crippen molar-refractivity contribution in [2.24, 2.45) is 5.10 Å². The first-order valence-electron chi connectivity index (χ1n) is 6.67. The molecule has 0 saturated carbocycles. The molecule has 2 aromatic rings. The number of rotatable bonds is 5. The van der Waals surface area contributed by atoms with Gasteiger partial charge in [0.25, 0.3) is 5.91 Å². The largest absolute Gasteiger partial charge is 0.500 e. The number of ether oxygens (including phenoxy) is 1. The van der Waals surface area contributed by atoms with Crippen LogP contribution in [0, 0.1) is 10.1 Å². The van der Waals surface area contributed by atoms with Gasteiger partial charge in [0.05, 0.1) is 23.8 Å². The van der Waals surface area contributed by atoms with Crippen LogP contribution >= 0.6 is 0 Å². The molecule has 0 aliphatic rings. The van der Waals surface area contributed by atoms with Crippen molar-refractivity contribution in [2.45, 2.75) is 0 Å². The molecule has 0 aromatic heterocycles. The van der Waals surface area contributed by atoms with Crippen LogP contribution in [0.15, 0.2) is 41.5 Å². The number of nitro benzene ring substituents is 1. The molecule has 0 atom stereocenters. The second-order valence-electron chi connectivity index (χ2n) is 4.63. The Morgan fingerprint density at radius 2 is 2.12 bits per heavy atom. The number of hydrogen-bond donors (Lipinski definition) is 3. The van der Waals surface area contributed by atoms with Crippen molar-refractivity contribution in [3.05, 3.63) is 57.6 Å². The van der Waals surface area contributed by atoms with Crippen molar-refractivity contribution >= 4 is 23.5 Å². The molecule has 0 bridgehead atoms. The number of aromatic hydroxyl groups is 1. The molecule has 0 fully saturated rings. The van der Waals surface area contributed by atoms with E-state index in [2.05, 4.69) is 10.5 Å². The van der Waals surface area contributed by atoms with E-state index in [-0.39, 0.29) is 16.9 Å². The zero-order valence-corrected chi connectivity index (χ0v) is 12.6. The number of amides is 1. The smallest absolute Gasteiger partial charge is 0.315 e. The van der Waals surface area contributed by atoms with E-state index >= 15 is 0 Å². The van der Waals surface area contributed by atoms with Gasteiger partial charge in [0.1, 0.15) is 0 Å². The van der Waals surface area contributed by atoms with Crippen LogP contribution in [0.3, 0.4) is 0 Å². The third kappa shape index (κ3) is 3.58.